The largest absolute Gasteiger partial charge is 0.741 e. The molecule has 0 aliphatic heterocycles. The summed E-state index contributed by atoms with van der Waals surface area (Å²) in [5, 5.41) is 0. The minimum atomic E-state index is -6.09. The van der Waals surface area contributed by atoms with Crippen molar-refractivity contribution < 1.29 is 30.7 Å². The molecule has 0 aromatic carbocycles. The van der Waals surface area contributed by atoms with Crippen LogP contribution < -0.4 is 0 Å². The SMILES string of the molecule is C=CCCC([Se]C)=[N+](C)C.O=S(=O)([O-])C(F)(F)F. The van der Waals surface area contributed by atoms with E-state index in [9.17, 15) is 13.2 Å². The van der Waals surface area contributed by atoms with E-state index >= 15 is 0 Å². The molecule has 0 saturated heterocycles. The van der Waals surface area contributed by atoms with Gasteiger partial charge in [-0.05, 0) is 0 Å². The molecule has 0 bridgehead atoms. The van der Waals surface area contributed by atoms with E-state index in [0.29, 0.717) is 15.0 Å². The van der Waals surface area contributed by atoms with Crippen molar-refractivity contribution in [1.29, 1.82) is 0 Å². The molecule has 0 rings (SSSR count). The van der Waals surface area contributed by atoms with Crippen molar-refractivity contribution >= 4 is 29.7 Å². The topological polar surface area (TPSA) is 60.2 Å². The van der Waals surface area contributed by atoms with Crippen molar-refractivity contribution in [3.05, 3.63) is 12.7 Å². The van der Waals surface area contributed by atoms with Crippen LogP contribution in [0.2, 0.25) is 5.82 Å². The molecule has 0 aromatic heterocycles. The molecule has 0 fully saturated rings. The van der Waals surface area contributed by atoms with Gasteiger partial charge < -0.3 is 4.55 Å². The second-order valence-corrected chi connectivity index (χ2v) is 6.44. The van der Waals surface area contributed by atoms with Crippen LogP contribution in [0.25, 0.3) is 0 Å². The Kier molecular flexibility index (Phi) is 9.63. The van der Waals surface area contributed by atoms with Gasteiger partial charge in [-0.25, -0.2) is 8.42 Å². The Morgan fingerprint density at radius 1 is 1.44 bits per heavy atom. The molecule has 0 aliphatic carbocycles. The van der Waals surface area contributed by atoms with E-state index < -0.39 is 15.6 Å². The fraction of sp³-hybridized carbons (Fsp3) is 0.667. The summed E-state index contributed by atoms with van der Waals surface area (Å²) in [6, 6.07) is 0. The van der Waals surface area contributed by atoms with Crippen molar-refractivity contribution in [2.45, 2.75) is 24.2 Å². The summed E-state index contributed by atoms with van der Waals surface area (Å²) in [7, 11) is -1.86. The molecule has 0 spiro atoms. The fourth-order valence-corrected chi connectivity index (χ4v) is 2.18. The summed E-state index contributed by atoms with van der Waals surface area (Å²) in [4.78, 5) is 0. The number of halogens is 3. The van der Waals surface area contributed by atoms with Crippen LogP contribution in [0, 0.1) is 0 Å². The standard InChI is InChI=1S/C8H16NSe.CHF3O3S/c1-5-6-7-8(10-4)9(2)3;2-1(3,4)8(5,6)7/h5H,1,6-7H2,2-4H3;(H,5,6,7)/q+1;/p-1. The fourth-order valence-electron chi connectivity index (χ4n) is 0.734. The summed E-state index contributed by atoms with van der Waals surface area (Å²) in [6.07, 6.45) is 4.28. The molecule has 4 nitrogen and oxygen atoms in total. The minimum Gasteiger partial charge on any atom is -0.741 e. The third-order valence-electron chi connectivity index (χ3n) is 1.58. The summed E-state index contributed by atoms with van der Waals surface area (Å²) in [5.41, 5.74) is -5.65. The molecular weight excluding hydrogens is 338 g/mol. The van der Waals surface area contributed by atoms with Gasteiger partial charge in [-0.3, -0.25) is 0 Å². The van der Waals surface area contributed by atoms with Gasteiger partial charge in [0.25, 0.3) is 0 Å². The summed E-state index contributed by atoms with van der Waals surface area (Å²) in [5.74, 6) is 2.26. The average molecular weight is 354 g/mol. The molecule has 0 aliphatic rings. The summed E-state index contributed by atoms with van der Waals surface area (Å²) < 4.78 is 62.7. The van der Waals surface area contributed by atoms with E-state index in [1.54, 1.807) is 4.61 Å². The normalized spacial score (nSPS) is 11.3. The van der Waals surface area contributed by atoms with Crippen LogP contribution in [0.1, 0.15) is 12.8 Å². The van der Waals surface area contributed by atoms with Gasteiger partial charge in [-0.1, -0.05) is 0 Å². The molecule has 0 radical (unpaired) electrons. The zero-order chi connectivity index (χ0) is 15.0. The van der Waals surface area contributed by atoms with E-state index in [-0.39, 0.29) is 0 Å². The predicted octanol–water partition coefficient (Wildman–Crippen LogP) is 1.43. The van der Waals surface area contributed by atoms with Gasteiger partial charge >= 0.3 is 75.1 Å². The van der Waals surface area contributed by atoms with Crippen LogP contribution in [0.15, 0.2) is 12.7 Å². The number of alkyl halides is 3. The number of rotatable bonds is 4. The number of hydrogen-bond acceptors (Lipinski definition) is 3. The molecule has 18 heavy (non-hydrogen) atoms. The van der Waals surface area contributed by atoms with E-state index in [0.717, 1.165) is 6.42 Å². The maximum atomic E-state index is 10.7. The van der Waals surface area contributed by atoms with E-state index in [1.165, 1.54) is 6.42 Å². The van der Waals surface area contributed by atoms with Crippen molar-refractivity contribution in [3.63, 3.8) is 0 Å². The Morgan fingerprint density at radius 2 is 1.83 bits per heavy atom. The number of nitrogens with zero attached hydrogens (tertiary/aromatic N) is 1. The molecule has 0 unspecified atom stereocenters. The average Bonchev–Trinajstić information content (AvgIpc) is 2.16. The Balaban J connectivity index is 0. The molecule has 0 heterocycles. The predicted molar refractivity (Wildman–Crippen MR) is 63.9 cm³/mol. The second kappa shape index (κ2) is 8.68. The zero-order valence-corrected chi connectivity index (χ0v) is 12.9. The molecule has 108 valence electrons. The second-order valence-electron chi connectivity index (χ2n) is 3.22. The van der Waals surface area contributed by atoms with Crippen molar-refractivity contribution in [2.75, 3.05) is 14.1 Å². The first kappa shape index (κ1) is 20.0. The van der Waals surface area contributed by atoms with Gasteiger partial charge in [0.05, 0.1) is 0 Å². The maximum Gasteiger partial charge on any atom is 0.485 e. The summed E-state index contributed by atoms with van der Waals surface area (Å²) >= 11 is 0.659. The maximum absolute atomic E-state index is 10.7. The third kappa shape index (κ3) is 9.64. The molecule has 0 saturated carbocycles. The van der Waals surface area contributed by atoms with Gasteiger partial charge in [0, 0.05) is 0 Å². The Bertz CT molecular complexity index is 386. The third-order valence-corrected chi connectivity index (χ3v) is 4.33. The zero-order valence-electron chi connectivity index (χ0n) is 10.3. The van der Waals surface area contributed by atoms with Crippen LogP contribution in [0.4, 0.5) is 13.2 Å². The smallest absolute Gasteiger partial charge is 0.485 e. The van der Waals surface area contributed by atoms with Gasteiger partial charge in [0.1, 0.15) is 0 Å². The summed E-state index contributed by atoms with van der Waals surface area (Å²) in [6.45, 7) is 3.70. The first-order valence-corrected chi connectivity index (χ1v) is 8.65. The Morgan fingerprint density at radius 3 is 2.00 bits per heavy atom. The van der Waals surface area contributed by atoms with Gasteiger partial charge in [0.2, 0.25) is 0 Å². The quantitative estimate of drug-likeness (QED) is 0.192. The first-order valence-electron chi connectivity index (χ1n) is 4.67. The Hall–Kier alpha value is -0.371. The first-order chi connectivity index (χ1) is 7.97. The van der Waals surface area contributed by atoms with Crippen molar-refractivity contribution in [3.8, 4) is 0 Å². The minimum absolute atomic E-state index is 0.659. The number of hydrogen-bond donors (Lipinski definition) is 0. The molecule has 0 amide bonds. The molecule has 0 atom stereocenters. The number of allylic oxidation sites excluding steroid dienone is 1. The van der Waals surface area contributed by atoms with Crippen LogP contribution in [-0.2, 0) is 10.1 Å². The van der Waals surface area contributed by atoms with Crippen LogP contribution in [-0.4, -0.2) is 56.7 Å². The Labute approximate surface area is 111 Å². The molecular formula is C9H16F3NO3SSe. The van der Waals surface area contributed by atoms with Gasteiger partial charge in [0.15, 0.2) is 10.1 Å². The van der Waals surface area contributed by atoms with E-state index in [2.05, 4.69) is 31.1 Å². The van der Waals surface area contributed by atoms with Crippen molar-refractivity contribution in [1.82, 2.24) is 0 Å². The monoisotopic (exact) mass is 355 g/mol. The van der Waals surface area contributed by atoms with Crippen LogP contribution >= 0.6 is 0 Å². The van der Waals surface area contributed by atoms with Crippen LogP contribution in [0.5, 0.6) is 0 Å². The van der Waals surface area contributed by atoms with E-state index in [4.69, 9.17) is 13.0 Å². The van der Waals surface area contributed by atoms with Gasteiger partial charge in [-0.2, -0.15) is 13.2 Å². The van der Waals surface area contributed by atoms with E-state index in [1.807, 2.05) is 6.08 Å². The van der Waals surface area contributed by atoms with Crippen LogP contribution in [0.3, 0.4) is 0 Å². The van der Waals surface area contributed by atoms with Gasteiger partial charge in [-0.15, -0.1) is 0 Å². The molecule has 0 aromatic rings. The molecule has 9 heteroatoms. The molecule has 0 N–H and O–H groups in total. The van der Waals surface area contributed by atoms with Crippen molar-refractivity contribution in [2.24, 2.45) is 0 Å².